The lowest BCUT2D eigenvalue weighted by molar-refractivity contribution is -0.131. The average Bonchev–Trinajstić information content (AvgIpc) is 2.37. The summed E-state index contributed by atoms with van der Waals surface area (Å²) in [7, 11) is 0. The fraction of sp³-hybridized carbons (Fsp3) is 0.824. The lowest BCUT2D eigenvalue weighted by Crippen LogP contribution is -2.60. The van der Waals surface area contributed by atoms with Gasteiger partial charge in [0.1, 0.15) is 0 Å². The summed E-state index contributed by atoms with van der Waals surface area (Å²) in [6.07, 6.45) is 15.6. The van der Waals surface area contributed by atoms with Crippen LogP contribution in [0.5, 0.6) is 0 Å². The molecule has 4 bridgehead atoms. The van der Waals surface area contributed by atoms with Crippen LogP contribution in [0.4, 0.5) is 0 Å². The molecular weight excluding hydrogens is 234 g/mol. The van der Waals surface area contributed by atoms with Gasteiger partial charge in [-0.05, 0) is 75.5 Å². The molecule has 0 aromatic heterocycles. The molecule has 4 fully saturated rings. The molecule has 4 saturated carbocycles. The predicted molar refractivity (Wildman–Crippen MR) is 75.5 cm³/mol. The van der Waals surface area contributed by atoms with Gasteiger partial charge < -0.3 is 5.32 Å². The molecule has 0 saturated heterocycles. The average molecular weight is 259 g/mol. The van der Waals surface area contributed by atoms with E-state index in [2.05, 4.69) is 17.5 Å². The van der Waals surface area contributed by atoms with Gasteiger partial charge in [0.25, 0.3) is 0 Å². The fourth-order valence-electron chi connectivity index (χ4n) is 5.66. The second kappa shape index (κ2) is 4.36. The maximum Gasteiger partial charge on any atom is 0.223 e. The normalized spacial score (nSPS) is 47.4. The molecule has 0 spiro atoms. The standard InChI is InChI=1S/C17H25NO/c19-16(15-4-2-1-3-5-15)18-17-9-12-6-13(10-17)8-14(7-12)11-17/h1-2,12-15H,3-11H2,(H,18,19)/t12?,13?,14?,15-,17?/m0/s1. The van der Waals surface area contributed by atoms with Crippen molar-refractivity contribution in [3.8, 4) is 0 Å². The maximum atomic E-state index is 12.5. The van der Waals surface area contributed by atoms with Crippen molar-refractivity contribution in [2.24, 2.45) is 23.7 Å². The highest BCUT2D eigenvalue weighted by Gasteiger charge is 2.51. The van der Waals surface area contributed by atoms with E-state index >= 15 is 0 Å². The number of hydrogen-bond acceptors (Lipinski definition) is 1. The smallest absolute Gasteiger partial charge is 0.223 e. The zero-order chi connectivity index (χ0) is 12.9. The number of allylic oxidation sites excluding steroid dienone is 2. The minimum atomic E-state index is 0.201. The van der Waals surface area contributed by atoms with Crippen molar-refractivity contribution in [3.05, 3.63) is 12.2 Å². The van der Waals surface area contributed by atoms with Crippen LogP contribution in [0.2, 0.25) is 0 Å². The molecule has 5 aliphatic rings. The molecule has 0 radical (unpaired) electrons. The first-order valence-corrected chi connectivity index (χ1v) is 8.19. The van der Waals surface area contributed by atoms with Crippen LogP contribution in [-0.4, -0.2) is 11.4 Å². The summed E-state index contributed by atoms with van der Waals surface area (Å²) < 4.78 is 0. The highest BCUT2D eigenvalue weighted by atomic mass is 16.2. The zero-order valence-electron chi connectivity index (χ0n) is 11.7. The number of amides is 1. The Morgan fingerprint density at radius 2 is 1.63 bits per heavy atom. The molecule has 0 unspecified atom stereocenters. The van der Waals surface area contributed by atoms with Gasteiger partial charge in [-0.1, -0.05) is 12.2 Å². The highest BCUT2D eigenvalue weighted by molar-refractivity contribution is 5.79. The molecule has 5 rings (SSSR count). The van der Waals surface area contributed by atoms with E-state index in [1.165, 1.54) is 38.5 Å². The molecule has 0 heterocycles. The monoisotopic (exact) mass is 259 g/mol. The second-order valence-electron chi connectivity index (χ2n) is 7.67. The Kier molecular flexibility index (Phi) is 2.75. The summed E-state index contributed by atoms with van der Waals surface area (Å²) in [4.78, 5) is 12.5. The molecule has 5 aliphatic carbocycles. The third kappa shape index (κ3) is 2.13. The van der Waals surface area contributed by atoms with Crippen LogP contribution < -0.4 is 5.32 Å². The SMILES string of the molecule is O=C(NC12CC3CC(CC(C3)C1)C2)[C@H]1CC=CCC1. The second-order valence-corrected chi connectivity index (χ2v) is 7.67. The molecular formula is C17H25NO. The summed E-state index contributed by atoms with van der Waals surface area (Å²) in [5.41, 5.74) is 0.201. The van der Waals surface area contributed by atoms with E-state index in [1.807, 2.05) is 0 Å². The van der Waals surface area contributed by atoms with Crippen molar-refractivity contribution in [2.75, 3.05) is 0 Å². The van der Waals surface area contributed by atoms with Gasteiger partial charge in [0.05, 0.1) is 0 Å². The van der Waals surface area contributed by atoms with Crippen molar-refractivity contribution in [2.45, 2.75) is 63.3 Å². The Labute approximate surface area is 116 Å². The molecule has 0 aromatic carbocycles. The molecule has 0 aliphatic heterocycles. The van der Waals surface area contributed by atoms with Gasteiger partial charge in [0, 0.05) is 11.5 Å². The molecule has 104 valence electrons. The summed E-state index contributed by atoms with van der Waals surface area (Å²) in [5.74, 6) is 3.35. The molecule has 2 nitrogen and oxygen atoms in total. The van der Waals surface area contributed by atoms with Gasteiger partial charge in [0.15, 0.2) is 0 Å². The third-order valence-corrected chi connectivity index (χ3v) is 6.07. The Bertz CT molecular complexity index is 376. The third-order valence-electron chi connectivity index (χ3n) is 6.07. The molecule has 1 amide bonds. The molecule has 1 N–H and O–H groups in total. The lowest BCUT2D eigenvalue weighted by Gasteiger charge is -2.57. The van der Waals surface area contributed by atoms with Crippen LogP contribution >= 0.6 is 0 Å². The van der Waals surface area contributed by atoms with Crippen molar-refractivity contribution in [1.82, 2.24) is 5.32 Å². The van der Waals surface area contributed by atoms with Crippen LogP contribution in [0.3, 0.4) is 0 Å². The lowest BCUT2D eigenvalue weighted by atomic mass is 9.53. The summed E-state index contributed by atoms with van der Waals surface area (Å²) in [6.45, 7) is 0. The first-order valence-electron chi connectivity index (χ1n) is 8.19. The Balaban J connectivity index is 1.47. The van der Waals surface area contributed by atoms with Crippen molar-refractivity contribution >= 4 is 5.91 Å². The summed E-state index contributed by atoms with van der Waals surface area (Å²) in [5, 5.41) is 3.52. The topological polar surface area (TPSA) is 29.1 Å². The van der Waals surface area contributed by atoms with Crippen molar-refractivity contribution in [1.29, 1.82) is 0 Å². The van der Waals surface area contributed by atoms with E-state index in [0.717, 1.165) is 37.0 Å². The number of carbonyl (C=O) groups excluding carboxylic acids is 1. The maximum absolute atomic E-state index is 12.5. The highest BCUT2D eigenvalue weighted by Crippen LogP contribution is 2.55. The van der Waals surface area contributed by atoms with E-state index in [4.69, 9.17) is 0 Å². The van der Waals surface area contributed by atoms with Crippen LogP contribution in [0.1, 0.15) is 57.8 Å². The van der Waals surface area contributed by atoms with Gasteiger partial charge in [0.2, 0.25) is 5.91 Å². The van der Waals surface area contributed by atoms with Gasteiger partial charge in [-0.15, -0.1) is 0 Å². The van der Waals surface area contributed by atoms with Crippen LogP contribution in [0, 0.1) is 23.7 Å². The molecule has 2 heteroatoms. The molecule has 0 aromatic rings. The Morgan fingerprint density at radius 3 is 2.16 bits per heavy atom. The van der Waals surface area contributed by atoms with Crippen LogP contribution in [-0.2, 0) is 4.79 Å². The minimum absolute atomic E-state index is 0.201. The van der Waals surface area contributed by atoms with Crippen molar-refractivity contribution < 1.29 is 4.79 Å². The Morgan fingerprint density at radius 1 is 1.00 bits per heavy atom. The van der Waals surface area contributed by atoms with E-state index < -0.39 is 0 Å². The zero-order valence-corrected chi connectivity index (χ0v) is 11.7. The Hall–Kier alpha value is -0.790. The molecule has 1 atom stereocenters. The van der Waals surface area contributed by atoms with Gasteiger partial charge in [-0.3, -0.25) is 4.79 Å². The number of carbonyl (C=O) groups is 1. The summed E-state index contributed by atoms with van der Waals surface area (Å²) >= 11 is 0. The number of hydrogen-bond donors (Lipinski definition) is 1. The minimum Gasteiger partial charge on any atom is -0.350 e. The summed E-state index contributed by atoms with van der Waals surface area (Å²) in [6, 6.07) is 0. The van der Waals surface area contributed by atoms with Gasteiger partial charge >= 0.3 is 0 Å². The van der Waals surface area contributed by atoms with E-state index in [0.29, 0.717) is 5.91 Å². The van der Waals surface area contributed by atoms with E-state index in [1.54, 1.807) is 0 Å². The van der Waals surface area contributed by atoms with Crippen LogP contribution in [0.25, 0.3) is 0 Å². The largest absolute Gasteiger partial charge is 0.350 e. The van der Waals surface area contributed by atoms with E-state index in [-0.39, 0.29) is 11.5 Å². The fourth-order valence-corrected chi connectivity index (χ4v) is 5.66. The number of rotatable bonds is 2. The predicted octanol–water partition coefficient (Wildman–Crippen LogP) is 3.43. The van der Waals surface area contributed by atoms with Gasteiger partial charge in [-0.2, -0.15) is 0 Å². The van der Waals surface area contributed by atoms with Gasteiger partial charge in [-0.25, -0.2) is 0 Å². The quantitative estimate of drug-likeness (QED) is 0.756. The van der Waals surface area contributed by atoms with Crippen LogP contribution in [0.15, 0.2) is 12.2 Å². The first kappa shape index (κ1) is 12.0. The molecule has 19 heavy (non-hydrogen) atoms. The van der Waals surface area contributed by atoms with E-state index in [9.17, 15) is 4.79 Å². The first-order chi connectivity index (χ1) is 9.22. The number of nitrogens with one attached hydrogen (secondary N) is 1. The van der Waals surface area contributed by atoms with Crippen molar-refractivity contribution in [3.63, 3.8) is 0 Å².